The first kappa shape index (κ1) is 19.0. The van der Waals surface area contributed by atoms with Crippen molar-refractivity contribution in [1.82, 2.24) is 4.90 Å². The Hall–Kier alpha value is -3.32. The minimum absolute atomic E-state index is 0.0224. The van der Waals surface area contributed by atoms with E-state index in [9.17, 15) is 19.8 Å². The Morgan fingerprint density at radius 1 is 1.28 bits per heavy atom. The van der Waals surface area contributed by atoms with Crippen molar-refractivity contribution in [2.45, 2.75) is 25.4 Å². The van der Waals surface area contributed by atoms with Gasteiger partial charge in [-0.3, -0.25) is 9.69 Å². The molecule has 1 atom stereocenters. The molecule has 0 spiro atoms. The Morgan fingerprint density at radius 2 is 2.10 bits per heavy atom. The van der Waals surface area contributed by atoms with Gasteiger partial charge in [-0.25, -0.2) is 4.79 Å². The van der Waals surface area contributed by atoms with E-state index >= 15 is 0 Å². The Bertz CT molecular complexity index is 1140. The summed E-state index contributed by atoms with van der Waals surface area (Å²) >= 11 is 0. The third-order valence-corrected chi connectivity index (χ3v) is 5.37. The van der Waals surface area contributed by atoms with Gasteiger partial charge >= 0.3 is 11.6 Å². The van der Waals surface area contributed by atoms with Crippen molar-refractivity contribution in [3.05, 3.63) is 58.4 Å². The molecule has 3 aromatic rings. The number of likely N-dealkylation sites (tertiary alicyclic amines) is 1. The summed E-state index contributed by atoms with van der Waals surface area (Å²) in [6.07, 6.45) is 1.33. The van der Waals surface area contributed by atoms with E-state index in [0.717, 1.165) is 6.42 Å². The smallest absolute Gasteiger partial charge is 0.344 e. The summed E-state index contributed by atoms with van der Waals surface area (Å²) in [6.45, 7) is 0.806. The van der Waals surface area contributed by atoms with Crippen LogP contribution in [-0.4, -0.2) is 40.8 Å². The maximum atomic E-state index is 12.7. The van der Waals surface area contributed by atoms with E-state index in [0.29, 0.717) is 40.8 Å². The third kappa shape index (κ3) is 3.56. The molecule has 2 heterocycles. The van der Waals surface area contributed by atoms with Crippen LogP contribution in [0, 0.1) is 0 Å². The van der Waals surface area contributed by atoms with Crippen LogP contribution in [0.4, 0.5) is 0 Å². The molecule has 150 valence electrons. The molecule has 1 aliphatic rings. The Kier molecular flexibility index (Phi) is 4.98. The molecule has 0 saturated carbocycles. The average molecular weight is 395 g/mol. The first-order valence-electron chi connectivity index (χ1n) is 9.38. The van der Waals surface area contributed by atoms with Crippen molar-refractivity contribution in [3.63, 3.8) is 0 Å². The predicted octanol–water partition coefficient (Wildman–Crippen LogP) is 3.22. The number of aliphatic carboxylic acids is 1. The first-order valence-corrected chi connectivity index (χ1v) is 9.38. The zero-order valence-corrected chi connectivity index (χ0v) is 15.9. The number of benzene rings is 2. The van der Waals surface area contributed by atoms with Crippen LogP contribution >= 0.6 is 0 Å². The van der Waals surface area contributed by atoms with Crippen molar-refractivity contribution >= 4 is 16.9 Å². The Labute approximate surface area is 166 Å². The van der Waals surface area contributed by atoms with Crippen molar-refractivity contribution in [2.75, 3.05) is 13.7 Å². The van der Waals surface area contributed by atoms with Crippen molar-refractivity contribution in [2.24, 2.45) is 0 Å². The summed E-state index contributed by atoms with van der Waals surface area (Å²) in [7, 11) is 1.56. The Balaban J connectivity index is 1.79. The van der Waals surface area contributed by atoms with Gasteiger partial charge in [0, 0.05) is 11.9 Å². The quantitative estimate of drug-likeness (QED) is 0.640. The third-order valence-electron chi connectivity index (χ3n) is 5.37. The van der Waals surface area contributed by atoms with E-state index in [2.05, 4.69) is 0 Å². The van der Waals surface area contributed by atoms with Crippen LogP contribution in [0.2, 0.25) is 0 Å². The second kappa shape index (κ2) is 7.60. The fraction of sp³-hybridized carbons (Fsp3) is 0.273. The number of hydrogen-bond acceptors (Lipinski definition) is 6. The van der Waals surface area contributed by atoms with Crippen LogP contribution in [0.15, 0.2) is 51.7 Å². The lowest BCUT2D eigenvalue weighted by Crippen LogP contribution is -2.35. The van der Waals surface area contributed by atoms with E-state index in [1.807, 2.05) is 0 Å². The summed E-state index contributed by atoms with van der Waals surface area (Å²) in [6, 6.07) is 11.5. The minimum atomic E-state index is -0.885. The van der Waals surface area contributed by atoms with Gasteiger partial charge in [-0.05, 0) is 55.3 Å². The van der Waals surface area contributed by atoms with Crippen LogP contribution in [0.25, 0.3) is 22.1 Å². The average Bonchev–Trinajstić information content (AvgIpc) is 3.18. The van der Waals surface area contributed by atoms with Gasteiger partial charge in [0.2, 0.25) is 0 Å². The summed E-state index contributed by atoms with van der Waals surface area (Å²) in [5.74, 6) is -0.281. The number of nitrogens with zero attached hydrogens (tertiary/aromatic N) is 1. The van der Waals surface area contributed by atoms with Gasteiger partial charge in [-0.15, -0.1) is 0 Å². The molecule has 1 fully saturated rings. The lowest BCUT2D eigenvalue weighted by Gasteiger charge is -2.22. The van der Waals surface area contributed by atoms with Gasteiger partial charge in [0.15, 0.2) is 0 Å². The van der Waals surface area contributed by atoms with E-state index in [1.54, 1.807) is 54.5 Å². The largest absolute Gasteiger partial charge is 0.507 e. The van der Waals surface area contributed by atoms with Crippen LogP contribution in [-0.2, 0) is 11.3 Å². The molecule has 1 aliphatic heterocycles. The topological polar surface area (TPSA) is 100 Å². The van der Waals surface area contributed by atoms with Crippen molar-refractivity contribution in [1.29, 1.82) is 0 Å². The van der Waals surface area contributed by atoms with Crippen LogP contribution in [0.5, 0.6) is 11.5 Å². The molecule has 0 bridgehead atoms. The first-order chi connectivity index (χ1) is 14.0. The lowest BCUT2D eigenvalue weighted by molar-refractivity contribution is -0.142. The number of carboxylic acids is 1. The number of rotatable bonds is 5. The molecule has 2 N–H and O–H groups in total. The zero-order chi connectivity index (χ0) is 20.5. The minimum Gasteiger partial charge on any atom is -0.507 e. The van der Waals surface area contributed by atoms with Crippen LogP contribution < -0.4 is 10.4 Å². The normalized spacial score (nSPS) is 16.9. The molecular formula is C22H21NO6. The molecule has 0 radical (unpaired) electrons. The summed E-state index contributed by atoms with van der Waals surface area (Å²) in [4.78, 5) is 26.0. The number of aromatic hydroxyl groups is 1. The highest BCUT2D eigenvalue weighted by Crippen LogP contribution is 2.32. The number of carbonyl (C=O) groups is 1. The maximum absolute atomic E-state index is 12.7. The summed E-state index contributed by atoms with van der Waals surface area (Å²) in [5.41, 5.74) is 1.22. The number of carboxylic acid groups (broad SMARTS) is 1. The maximum Gasteiger partial charge on any atom is 0.344 e. The zero-order valence-electron chi connectivity index (χ0n) is 15.9. The second-order valence-corrected chi connectivity index (χ2v) is 7.13. The predicted molar refractivity (Wildman–Crippen MR) is 107 cm³/mol. The van der Waals surface area contributed by atoms with Gasteiger partial charge < -0.3 is 19.4 Å². The Morgan fingerprint density at radius 3 is 2.86 bits per heavy atom. The van der Waals surface area contributed by atoms with Gasteiger partial charge in [0.1, 0.15) is 23.1 Å². The summed E-state index contributed by atoms with van der Waals surface area (Å²) in [5, 5.41) is 20.4. The van der Waals surface area contributed by atoms with Gasteiger partial charge in [-0.1, -0.05) is 12.1 Å². The second-order valence-electron chi connectivity index (χ2n) is 7.13. The van der Waals surface area contributed by atoms with Crippen molar-refractivity contribution < 1.29 is 24.2 Å². The number of methoxy groups -OCH3 is 1. The lowest BCUT2D eigenvalue weighted by atomic mass is 10.0. The van der Waals surface area contributed by atoms with E-state index < -0.39 is 17.6 Å². The van der Waals surface area contributed by atoms with Crippen molar-refractivity contribution in [3.8, 4) is 22.6 Å². The molecule has 7 nitrogen and oxygen atoms in total. The van der Waals surface area contributed by atoms with Crippen LogP contribution in [0.3, 0.4) is 0 Å². The highest BCUT2D eigenvalue weighted by molar-refractivity contribution is 5.86. The number of phenols is 1. The number of phenolic OH excluding ortho intramolecular Hbond substituents is 1. The van der Waals surface area contributed by atoms with Gasteiger partial charge in [-0.2, -0.15) is 0 Å². The van der Waals surface area contributed by atoms with Crippen LogP contribution in [0.1, 0.15) is 18.4 Å². The SMILES string of the molecule is COc1cccc(-c2cc3ccc(O)c(CN4CCC[C@@H]4C(=O)O)c3oc2=O)c1. The fourth-order valence-electron chi connectivity index (χ4n) is 3.87. The van der Waals surface area contributed by atoms with Gasteiger partial charge in [0.05, 0.1) is 18.2 Å². The van der Waals surface area contributed by atoms with E-state index in [1.165, 1.54) is 0 Å². The monoisotopic (exact) mass is 395 g/mol. The molecule has 4 rings (SSSR count). The molecule has 1 aromatic heterocycles. The highest BCUT2D eigenvalue weighted by Gasteiger charge is 2.31. The molecular weight excluding hydrogens is 374 g/mol. The highest BCUT2D eigenvalue weighted by atomic mass is 16.5. The standard InChI is InChI=1S/C22H21NO6/c1-28-15-5-2-4-13(10-15)16-11-14-7-8-19(24)17(20(14)29-22(16)27)12-23-9-3-6-18(23)21(25)26/h2,4-5,7-8,10-11,18,24H,3,6,9,12H2,1H3,(H,25,26)/t18-/m1/s1. The number of fused-ring (bicyclic) bond motifs is 1. The molecule has 0 unspecified atom stereocenters. The molecule has 0 amide bonds. The molecule has 1 saturated heterocycles. The van der Waals surface area contributed by atoms with E-state index in [-0.39, 0.29) is 17.9 Å². The summed E-state index contributed by atoms with van der Waals surface area (Å²) < 4.78 is 10.8. The molecule has 0 aliphatic carbocycles. The number of ether oxygens (including phenoxy) is 1. The number of hydrogen-bond donors (Lipinski definition) is 2. The fourth-order valence-corrected chi connectivity index (χ4v) is 3.87. The molecule has 2 aromatic carbocycles. The van der Waals surface area contributed by atoms with Gasteiger partial charge in [0.25, 0.3) is 0 Å². The molecule has 29 heavy (non-hydrogen) atoms. The molecule has 7 heteroatoms. The van der Waals surface area contributed by atoms with E-state index in [4.69, 9.17) is 9.15 Å².